The molecule has 0 bridgehead atoms. The van der Waals surface area contributed by atoms with Crippen molar-refractivity contribution in [2.75, 3.05) is 11.9 Å². The number of amides is 2. The van der Waals surface area contributed by atoms with Crippen LogP contribution in [-0.2, 0) is 4.79 Å². The van der Waals surface area contributed by atoms with E-state index in [2.05, 4.69) is 20.8 Å². The third-order valence-electron chi connectivity index (χ3n) is 3.90. The quantitative estimate of drug-likeness (QED) is 0.639. The van der Waals surface area contributed by atoms with E-state index in [0.29, 0.717) is 5.56 Å². The van der Waals surface area contributed by atoms with E-state index in [1.807, 2.05) is 43.3 Å². The first-order valence-electron chi connectivity index (χ1n) is 8.36. The fourth-order valence-electron chi connectivity index (χ4n) is 2.59. The van der Waals surface area contributed by atoms with Gasteiger partial charge in [-0.15, -0.1) is 0 Å². The molecule has 1 heterocycles. The smallest absolute Gasteiger partial charge is 0.251 e. The highest BCUT2D eigenvalue weighted by molar-refractivity contribution is 5.96. The number of hydrogen-bond acceptors (Lipinski definition) is 3. The van der Waals surface area contributed by atoms with E-state index in [0.717, 1.165) is 22.4 Å². The number of carbonyl (C=O) groups is 2. The van der Waals surface area contributed by atoms with Crippen LogP contribution >= 0.6 is 0 Å². The van der Waals surface area contributed by atoms with Crippen LogP contribution < -0.4 is 10.6 Å². The molecule has 6 heteroatoms. The van der Waals surface area contributed by atoms with E-state index in [9.17, 15) is 9.59 Å². The van der Waals surface area contributed by atoms with Gasteiger partial charge in [0.2, 0.25) is 5.91 Å². The molecule has 0 saturated heterocycles. The minimum atomic E-state index is -0.210. The number of rotatable bonds is 6. The third kappa shape index (κ3) is 4.57. The lowest BCUT2D eigenvalue weighted by Crippen LogP contribution is -2.27. The van der Waals surface area contributed by atoms with Crippen molar-refractivity contribution in [1.29, 1.82) is 0 Å². The summed E-state index contributed by atoms with van der Waals surface area (Å²) in [6.45, 7) is 2.24. The Bertz CT molecular complexity index is 904. The fraction of sp³-hybridized carbons (Fsp3) is 0.150. The predicted molar refractivity (Wildman–Crippen MR) is 101 cm³/mol. The number of H-pyrrole nitrogens is 1. The highest BCUT2D eigenvalue weighted by Gasteiger charge is 2.09. The summed E-state index contributed by atoms with van der Waals surface area (Å²) in [6.07, 6.45) is 3.68. The molecule has 3 N–H and O–H groups in total. The van der Waals surface area contributed by atoms with E-state index in [1.54, 1.807) is 24.5 Å². The standard InChI is InChI=1S/C20H20N4O2/c1-14-4-2-7-18(10-14)24-19(25)8-9-21-20(26)16-6-3-5-15(11-16)17-12-22-23-13-17/h2-7,10-13H,8-9H2,1H3,(H,21,26)(H,22,23)(H,24,25). The molecule has 26 heavy (non-hydrogen) atoms. The van der Waals surface area contributed by atoms with Crippen LogP contribution in [0.5, 0.6) is 0 Å². The Morgan fingerprint density at radius 1 is 1.08 bits per heavy atom. The zero-order chi connectivity index (χ0) is 18.4. The number of aryl methyl sites for hydroxylation is 1. The molecular weight excluding hydrogens is 328 g/mol. The molecule has 3 rings (SSSR count). The second-order valence-electron chi connectivity index (χ2n) is 5.99. The first kappa shape index (κ1) is 17.4. The Morgan fingerprint density at radius 3 is 2.69 bits per heavy atom. The highest BCUT2D eigenvalue weighted by atomic mass is 16.2. The van der Waals surface area contributed by atoms with Gasteiger partial charge >= 0.3 is 0 Å². The number of carbonyl (C=O) groups excluding carboxylic acids is 2. The van der Waals surface area contributed by atoms with Gasteiger partial charge in [-0.3, -0.25) is 14.7 Å². The Balaban J connectivity index is 1.51. The largest absolute Gasteiger partial charge is 0.352 e. The highest BCUT2D eigenvalue weighted by Crippen LogP contribution is 2.18. The van der Waals surface area contributed by atoms with Gasteiger partial charge in [-0.25, -0.2) is 0 Å². The number of nitrogens with zero attached hydrogens (tertiary/aromatic N) is 1. The third-order valence-corrected chi connectivity index (χ3v) is 3.90. The fourth-order valence-corrected chi connectivity index (χ4v) is 2.59. The lowest BCUT2D eigenvalue weighted by molar-refractivity contribution is -0.116. The molecule has 0 aliphatic carbocycles. The van der Waals surface area contributed by atoms with Crippen LogP contribution in [0.2, 0.25) is 0 Å². The Morgan fingerprint density at radius 2 is 1.92 bits per heavy atom. The van der Waals surface area contributed by atoms with Crippen LogP contribution in [0, 0.1) is 6.92 Å². The topological polar surface area (TPSA) is 86.9 Å². The van der Waals surface area contributed by atoms with E-state index in [-0.39, 0.29) is 24.8 Å². The van der Waals surface area contributed by atoms with Crippen LogP contribution in [0.1, 0.15) is 22.3 Å². The molecule has 0 radical (unpaired) electrons. The van der Waals surface area contributed by atoms with Gasteiger partial charge in [0.25, 0.3) is 5.91 Å². The van der Waals surface area contributed by atoms with Crippen molar-refractivity contribution >= 4 is 17.5 Å². The summed E-state index contributed by atoms with van der Waals surface area (Å²) in [7, 11) is 0. The molecule has 2 amide bonds. The lowest BCUT2D eigenvalue weighted by atomic mass is 10.1. The summed E-state index contributed by atoms with van der Waals surface area (Å²) in [4.78, 5) is 24.3. The summed E-state index contributed by atoms with van der Waals surface area (Å²) in [5.41, 5.74) is 4.20. The number of aromatic amines is 1. The van der Waals surface area contributed by atoms with Gasteiger partial charge in [-0.1, -0.05) is 24.3 Å². The second kappa shape index (κ2) is 8.11. The number of aromatic nitrogens is 2. The minimum absolute atomic E-state index is 0.136. The van der Waals surface area contributed by atoms with Crippen molar-refractivity contribution < 1.29 is 9.59 Å². The summed E-state index contributed by atoms with van der Waals surface area (Å²) >= 11 is 0. The summed E-state index contributed by atoms with van der Waals surface area (Å²) < 4.78 is 0. The number of hydrogen-bond donors (Lipinski definition) is 3. The van der Waals surface area contributed by atoms with Gasteiger partial charge in [0.05, 0.1) is 6.20 Å². The molecule has 132 valence electrons. The van der Waals surface area contributed by atoms with Crippen LogP contribution in [0.3, 0.4) is 0 Å². The molecule has 3 aromatic rings. The van der Waals surface area contributed by atoms with Crippen LogP contribution in [-0.4, -0.2) is 28.6 Å². The maximum absolute atomic E-state index is 12.3. The van der Waals surface area contributed by atoms with Crippen LogP contribution in [0.25, 0.3) is 11.1 Å². The SMILES string of the molecule is Cc1cccc(NC(=O)CCNC(=O)c2cccc(-c3cn[nH]c3)c2)c1. The zero-order valence-corrected chi connectivity index (χ0v) is 14.5. The molecule has 6 nitrogen and oxygen atoms in total. The van der Waals surface area contributed by atoms with Crippen LogP contribution in [0.4, 0.5) is 5.69 Å². The minimum Gasteiger partial charge on any atom is -0.352 e. The van der Waals surface area contributed by atoms with Crippen molar-refractivity contribution in [3.05, 3.63) is 72.1 Å². The maximum atomic E-state index is 12.3. The molecule has 0 saturated carbocycles. The van der Waals surface area contributed by atoms with Gasteiger partial charge in [0, 0.05) is 36.0 Å². The second-order valence-corrected chi connectivity index (χ2v) is 5.99. The average molecular weight is 348 g/mol. The van der Waals surface area contributed by atoms with Gasteiger partial charge in [-0.2, -0.15) is 5.10 Å². The maximum Gasteiger partial charge on any atom is 0.251 e. The molecule has 0 aliphatic heterocycles. The molecular formula is C20H20N4O2. The van der Waals surface area contributed by atoms with Crippen LogP contribution in [0.15, 0.2) is 60.9 Å². The molecule has 0 unspecified atom stereocenters. The molecule has 0 spiro atoms. The van der Waals surface area contributed by atoms with E-state index in [1.165, 1.54) is 0 Å². The first-order valence-corrected chi connectivity index (χ1v) is 8.36. The lowest BCUT2D eigenvalue weighted by Gasteiger charge is -2.08. The number of anilines is 1. The zero-order valence-electron chi connectivity index (χ0n) is 14.5. The Kier molecular flexibility index (Phi) is 5.43. The van der Waals surface area contributed by atoms with E-state index >= 15 is 0 Å². The summed E-state index contributed by atoms with van der Waals surface area (Å²) in [5.74, 6) is -0.346. The van der Waals surface area contributed by atoms with E-state index in [4.69, 9.17) is 0 Å². The normalized spacial score (nSPS) is 10.3. The summed E-state index contributed by atoms with van der Waals surface area (Å²) in [5, 5.41) is 12.3. The molecule has 0 aliphatic rings. The molecule has 0 atom stereocenters. The van der Waals surface area contributed by atoms with Gasteiger partial charge < -0.3 is 10.6 Å². The van der Waals surface area contributed by atoms with E-state index < -0.39 is 0 Å². The molecule has 2 aromatic carbocycles. The molecule has 1 aromatic heterocycles. The summed E-state index contributed by atoms with van der Waals surface area (Å²) in [6, 6.07) is 14.9. The van der Waals surface area contributed by atoms with Gasteiger partial charge in [0.1, 0.15) is 0 Å². The predicted octanol–water partition coefficient (Wildman–Crippen LogP) is 3.14. The Labute approximate surface area is 151 Å². The average Bonchev–Trinajstić information content (AvgIpc) is 3.16. The number of benzene rings is 2. The van der Waals surface area contributed by atoms with Crippen molar-refractivity contribution in [2.45, 2.75) is 13.3 Å². The first-order chi connectivity index (χ1) is 12.6. The monoisotopic (exact) mass is 348 g/mol. The van der Waals surface area contributed by atoms with Crippen molar-refractivity contribution in [2.24, 2.45) is 0 Å². The molecule has 0 fully saturated rings. The Hall–Kier alpha value is -3.41. The van der Waals surface area contributed by atoms with Crippen molar-refractivity contribution in [3.8, 4) is 11.1 Å². The van der Waals surface area contributed by atoms with Gasteiger partial charge in [-0.05, 0) is 42.3 Å². The van der Waals surface area contributed by atoms with Gasteiger partial charge in [0.15, 0.2) is 0 Å². The van der Waals surface area contributed by atoms with Crippen molar-refractivity contribution in [1.82, 2.24) is 15.5 Å². The van der Waals surface area contributed by atoms with Crippen molar-refractivity contribution in [3.63, 3.8) is 0 Å². The number of nitrogens with one attached hydrogen (secondary N) is 3.